The van der Waals surface area contributed by atoms with Crippen molar-refractivity contribution >= 4 is 11.6 Å². The van der Waals surface area contributed by atoms with Crippen LogP contribution in [0.2, 0.25) is 0 Å². The minimum absolute atomic E-state index is 0.201. The normalized spacial score (nSPS) is 29.5. The number of carbonyl (C=O) groups is 2. The lowest BCUT2D eigenvalue weighted by molar-refractivity contribution is -0.129. The summed E-state index contributed by atoms with van der Waals surface area (Å²) in [5.41, 5.74) is 5.42. The van der Waals surface area contributed by atoms with Gasteiger partial charge in [-0.15, -0.1) is 0 Å². The van der Waals surface area contributed by atoms with Crippen molar-refractivity contribution in [1.82, 2.24) is 4.90 Å². The van der Waals surface area contributed by atoms with Gasteiger partial charge < -0.3 is 9.64 Å². The molecule has 0 N–H and O–H groups in total. The molecule has 0 aromatic heterocycles. The SMILES string of the molecule is CN(C)CCOc1ccc(C[C@]23CCC4=C5CCC(=O)C=C5CC[C@H]4[C@@H]2CCC3=O)cc1. The predicted molar refractivity (Wildman–Crippen MR) is 126 cm³/mol. The molecule has 0 heterocycles. The maximum atomic E-state index is 13.3. The van der Waals surface area contributed by atoms with Crippen LogP contribution < -0.4 is 4.74 Å². The van der Waals surface area contributed by atoms with E-state index in [0.29, 0.717) is 30.6 Å². The van der Waals surface area contributed by atoms with Gasteiger partial charge >= 0.3 is 0 Å². The Bertz CT molecular complexity index is 971. The van der Waals surface area contributed by atoms with E-state index in [1.165, 1.54) is 16.7 Å². The number of hydrogen-bond acceptors (Lipinski definition) is 4. The summed E-state index contributed by atoms with van der Waals surface area (Å²) in [5, 5.41) is 0. The zero-order chi connectivity index (χ0) is 22.3. The van der Waals surface area contributed by atoms with Gasteiger partial charge in [-0.25, -0.2) is 0 Å². The van der Waals surface area contributed by atoms with Gasteiger partial charge in [-0.3, -0.25) is 9.59 Å². The number of nitrogens with zero attached hydrogens (tertiary/aromatic N) is 1. The van der Waals surface area contributed by atoms with Gasteiger partial charge in [-0.1, -0.05) is 17.7 Å². The molecule has 4 nitrogen and oxygen atoms in total. The second-order valence-electron chi connectivity index (χ2n) is 10.5. The lowest BCUT2D eigenvalue weighted by atomic mass is 9.55. The maximum absolute atomic E-state index is 13.3. The molecule has 0 spiro atoms. The number of Topliss-reactive ketones (excluding diaryl/α,β-unsaturated/α-hetero) is 1. The highest BCUT2D eigenvalue weighted by atomic mass is 16.5. The highest BCUT2D eigenvalue weighted by Gasteiger charge is 2.55. The largest absolute Gasteiger partial charge is 0.492 e. The van der Waals surface area contributed by atoms with Crippen LogP contribution in [0.25, 0.3) is 0 Å². The topological polar surface area (TPSA) is 46.6 Å². The third kappa shape index (κ3) is 3.87. The van der Waals surface area contributed by atoms with E-state index in [4.69, 9.17) is 4.74 Å². The molecule has 3 atom stereocenters. The zero-order valence-electron chi connectivity index (χ0n) is 19.5. The summed E-state index contributed by atoms with van der Waals surface area (Å²) in [6.07, 6.45) is 10.2. The molecule has 2 saturated carbocycles. The minimum atomic E-state index is -0.201. The molecule has 0 aliphatic heterocycles. The third-order valence-electron chi connectivity index (χ3n) is 8.43. The molecule has 2 fully saturated rings. The van der Waals surface area contributed by atoms with Gasteiger partial charge in [0.05, 0.1) is 0 Å². The van der Waals surface area contributed by atoms with E-state index in [0.717, 1.165) is 63.7 Å². The van der Waals surface area contributed by atoms with Crippen molar-refractivity contribution in [3.05, 3.63) is 52.6 Å². The van der Waals surface area contributed by atoms with Gasteiger partial charge in [0.25, 0.3) is 0 Å². The van der Waals surface area contributed by atoms with E-state index >= 15 is 0 Å². The van der Waals surface area contributed by atoms with Gasteiger partial charge in [0.1, 0.15) is 18.1 Å². The lowest BCUT2D eigenvalue weighted by Crippen LogP contribution is -2.43. The smallest absolute Gasteiger partial charge is 0.156 e. The fourth-order valence-electron chi connectivity index (χ4n) is 6.86. The standard InChI is InChI=1S/C28H35NO3/c1-29(2)15-16-32-22-7-3-19(4-8-22)18-28-14-13-24-23-10-6-21(30)17-20(23)5-9-25(24)26(28)11-12-27(28)31/h3-4,7-8,17,25-26H,5-6,9-16,18H2,1-2H3/t25-,26+,28-/m1/s1. The summed E-state index contributed by atoms with van der Waals surface area (Å²) in [4.78, 5) is 27.3. The molecule has 5 rings (SSSR count). The van der Waals surface area contributed by atoms with Crippen molar-refractivity contribution < 1.29 is 14.3 Å². The molecular formula is C28H35NO3. The number of benzene rings is 1. The van der Waals surface area contributed by atoms with E-state index in [1.54, 1.807) is 5.57 Å². The van der Waals surface area contributed by atoms with Crippen molar-refractivity contribution in [2.75, 3.05) is 27.2 Å². The third-order valence-corrected chi connectivity index (χ3v) is 8.43. The first-order valence-electron chi connectivity index (χ1n) is 12.3. The summed E-state index contributed by atoms with van der Waals surface area (Å²) in [6, 6.07) is 8.43. The summed E-state index contributed by atoms with van der Waals surface area (Å²) in [7, 11) is 4.09. The van der Waals surface area contributed by atoms with Gasteiger partial charge in [-0.05, 0) is 106 Å². The summed E-state index contributed by atoms with van der Waals surface area (Å²) in [5.74, 6) is 2.67. The van der Waals surface area contributed by atoms with Crippen molar-refractivity contribution in [2.24, 2.45) is 17.3 Å². The van der Waals surface area contributed by atoms with Gasteiger partial charge in [0.2, 0.25) is 0 Å². The number of ether oxygens (including phenoxy) is 1. The van der Waals surface area contributed by atoms with Crippen LogP contribution >= 0.6 is 0 Å². The van der Waals surface area contributed by atoms with Crippen molar-refractivity contribution in [3.63, 3.8) is 0 Å². The van der Waals surface area contributed by atoms with E-state index in [2.05, 4.69) is 29.2 Å². The molecule has 4 aliphatic carbocycles. The monoisotopic (exact) mass is 433 g/mol. The minimum Gasteiger partial charge on any atom is -0.492 e. The molecule has 1 aromatic rings. The molecule has 4 aliphatic rings. The fraction of sp³-hybridized carbons (Fsp3) is 0.571. The highest BCUT2D eigenvalue weighted by molar-refractivity contribution is 5.93. The number of likely N-dealkylation sites (N-methyl/N-ethyl adjacent to an activating group) is 1. The summed E-state index contributed by atoms with van der Waals surface area (Å²) < 4.78 is 5.85. The zero-order valence-corrected chi connectivity index (χ0v) is 19.5. The number of allylic oxidation sites excluding steroid dienone is 4. The van der Waals surface area contributed by atoms with E-state index in [1.807, 2.05) is 20.2 Å². The van der Waals surface area contributed by atoms with E-state index in [-0.39, 0.29) is 11.2 Å². The number of hydrogen-bond donors (Lipinski definition) is 0. The first-order valence-corrected chi connectivity index (χ1v) is 12.3. The summed E-state index contributed by atoms with van der Waals surface area (Å²) >= 11 is 0. The second-order valence-corrected chi connectivity index (χ2v) is 10.5. The summed E-state index contributed by atoms with van der Waals surface area (Å²) in [6.45, 7) is 1.57. The first-order chi connectivity index (χ1) is 15.5. The van der Waals surface area contributed by atoms with Crippen molar-refractivity contribution in [2.45, 2.75) is 57.8 Å². The molecule has 32 heavy (non-hydrogen) atoms. The molecule has 1 aromatic carbocycles. The van der Waals surface area contributed by atoms with Crippen molar-refractivity contribution in [3.8, 4) is 5.75 Å². The van der Waals surface area contributed by atoms with Crippen LogP contribution in [0.3, 0.4) is 0 Å². The average Bonchev–Trinajstić information content (AvgIpc) is 3.10. The van der Waals surface area contributed by atoms with Crippen LogP contribution in [0.4, 0.5) is 0 Å². The molecule has 0 amide bonds. The Morgan fingerprint density at radius 3 is 2.59 bits per heavy atom. The predicted octanol–water partition coefficient (Wildman–Crippen LogP) is 4.92. The van der Waals surface area contributed by atoms with Crippen LogP contribution in [0.5, 0.6) is 5.75 Å². The van der Waals surface area contributed by atoms with E-state index < -0.39 is 0 Å². The molecule has 170 valence electrons. The van der Waals surface area contributed by atoms with E-state index in [9.17, 15) is 9.59 Å². The number of fused-ring (bicyclic) bond motifs is 4. The first kappa shape index (κ1) is 21.6. The maximum Gasteiger partial charge on any atom is 0.156 e. The molecule has 0 unspecified atom stereocenters. The fourth-order valence-corrected chi connectivity index (χ4v) is 6.86. The van der Waals surface area contributed by atoms with Crippen LogP contribution in [-0.4, -0.2) is 43.7 Å². The number of rotatable bonds is 6. The van der Waals surface area contributed by atoms with Gasteiger partial charge in [0.15, 0.2) is 5.78 Å². The Balaban J connectivity index is 1.35. The lowest BCUT2D eigenvalue weighted by Gasteiger charge is -2.48. The highest BCUT2D eigenvalue weighted by Crippen LogP contribution is 2.59. The van der Waals surface area contributed by atoms with Crippen LogP contribution in [0.15, 0.2) is 47.1 Å². The number of ketones is 2. The molecule has 0 saturated heterocycles. The van der Waals surface area contributed by atoms with Crippen molar-refractivity contribution in [1.29, 1.82) is 0 Å². The van der Waals surface area contributed by atoms with Gasteiger partial charge in [0, 0.05) is 24.8 Å². The Labute approximate surface area is 191 Å². The second kappa shape index (κ2) is 8.62. The molecule has 4 heteroatoms. The Morgan fingerprint density at radius 2 is 1.81 bits per heavy atom. The molecular weight excluding hydrogens is 398 g/mol. The molecule has 0 bridgehead atoms. The average molecular weight is 434 g/mol. The van der Waals surface area contributed by atoms with Gasteiger partial charge in [-0.2, -0.15) is 0 Å². The molecule has 0 radical (unpaired) electrons. The van der Waals surface area contributed by atoms with Crippen LogP contribution in [-0.2, 0) is 16.0 Å². The van der Waals surface area contributed by atoms with Crippen LogP contribution in [0.1, 0.15) is 56.9 Å². The van der Waals surface area contributed by atoms with Crippen LogP contribution in [0, 0.1) is 17.3 Å². The Hall–Kier alpha value is -2.20. The quantitative estimate of drug-likeness (QED) is 0.639. The Morgan fingerprint density at radius 1 is 1.00 bits per heavy atom. The number of carbonyl (C=O) groups excluding carboxylic acids is 2. The Kier molecular flexibility index (Phi) is 5.83.